The summed E-state index contributed by atoms with van der Waals surface area (Å²) in [5, 5.41) is 3.46. The third-order valence-electron chi connectivity index (χ3n) is 3.40. The Morgan fingerprint density at radius 3 is 2.71 bits per heavy atom. The lowest BCUT2D eigenvalue weighted by atomic mass is 10.0. The molecule has 1 amide bonds. The molecule has 0 saturated heterocycles. The molecular formula is C14H18ClNO. The normalized spacial score (nSPS) is 16.1. The molecule has 0 unspecified atom stereocenters. The van der Waals surface area contributed by atoms with Gasteiger partial charge in [-0.3, -0.25) is 4.79 Å². The summed E-state index contributed by atoms with van der Waals surface area (Å²) in [6, 6.07) is 7.35. The molecule has 2 rings (SSSR count). The Morgan fingerprint density at radius 2 is 2.00 bits per heavy atom. The fourth-order valence-corrected chi connectivity index (χ4v) is 2.59. The minimum Gasteiger partial charge on any atom is -0.325 e. The van der Waals surface area contributed by atoms with Crippen LogP contribution in [0.3, 0.4) is 0 Å². The molecular weight excluding hydrogens is 234 g/mol. The molecule has 17 heavy (non-hydrogen) atoms. The maximum absolute atomic E-state index is 11.8. The second kappa shape index (κ2) is 6.06. The summed E-state index contributed by atoms with van der Waals surface area (Å²) in [5.74, 6) is 0.831. The highest BCUT2D eigenvalue weighted by molar-refractivity contribution is 6.33. The average Bonchev–Trinajstić information content (AvgIpc) is 2.82. The van der Waals surface area contributed by atoms with E-state index in [9.17, 15) is 4.79 Å². The number of para-hydroxylation sites is 1. The maximum atomic E-state index is 11.8. The van der Waals surface area contributed by atoms with Crippen molar-refractivity contribution >= 4 is 23.2 Å². The van der Waals surface area contributed by atoms with Crippen LogP contribution in [0.15, 0.2) is 24.3 Å². The van der Waals surface area contributed by atoms with Gasteiger partial charge in [-0.1, -0.05) is 49.4 Å². The Kier molecular flexibility index (Phi) is 4.43. The highest BCUT2D eigenvalue weighted by atomic mass is 35.5. The Labute approximate surface area is 107 Å². The van der Waals surface area contributed by atoms with Crippen LogP contribution in [0.4, 0.5) is 5.69 Å². The molecule has 1 aromatic carbocycles. The SMILES string of the molecule is O=C(CCC1CCCC1)Nc1ccccc1Cl. The van der Waals surface area contributed by atoms with Gasteiger partial charge in [0.2, 0.25) is 5.91 Å². The second-order valence-electron chi connectivity index (χ2n) is 4.72. The van der Waals surface area contributed by atoms with Crippen molar-refractivity contribution in [1.29, 1.82) is 0 Å². The van der Waals surface area contributed by atoms with Crippen molar-refractivity contribution < 1.29 is 4.79 Å². The largest absolute Gasteiger partial charge is 0.325 e. The van der Waals surface area contributed by atoms with E-state index in [1.54, 1.807) is 6.07 Å². The second-order valence-corrected chi connectivity index (χ2v) is 5.12. The molecule has 3 heteroatoms. The molecule has 1 N–H and O–H groups in total. The van der Waals surface area contributed by atoms with Gasteiger partial charge >= 0.3 is 0 Å². The van der Waals surface area contributed by atoms with E-state index in [1.807, 2.05) is 18.2 Å². The van der Waals surface area contributed by atoms with Gasteiger partial charge in [0.15, 0.2) is 0 Å². The Bertz CT molecular complexity index is 386. The van der Waals surface area contributed by atoms with Crippen molar-refractivity contribution in [1.82, 2.24) is 0 Å². The van der Waals surface area contributed by atoms with Crippen LogP contribution in [-0.2, 0) is 4.79 Å². The van der Waals surface area contributed by atoms with Gasteiger partial charge in [0.05, 0.1) is 10.7 Å². The molecule has 0 heterocycles. The molecule has 92 valence electrons. The fraction of sp³-hybridized carbons (Fsp3) is 0.500. The first-order chi connectivity index (χ1) is 8.25. The number of amides is 1. The number of halogens is 1. The quantitative estimate of drug-likeness (QED) is 0.852. The van der Waals surface area contributed by atoms with E-state index in [-0.39, 0.29) is 5.91 Å². The van der Waals surface area contributed by atoms with Crippen LogP contribution in [0.1, 0.15) is 38.5 Å². The van der Waals surface area contributed by atoms with Crippen molar-refractivity contribution in [2.75, 3.05) is 5.32 Å². The van der Waals surface area contributed by atoms with Crippen LogP contribution >= 0.6 is 11.6 Å². The summed E-state index contributed by atoms with van der Waals surface area (Å²) in [7, 11) is 0. The molecule has 1 saturated carbocycles. The van der Waals surface area contributed by atoms with Gasteiger partial charge in [-0.05, 0) is 24.5 Å². The molecule has 1 fully saturated rings. The lowest BCUT2D eigenvalue weighted by Crippen LogP contribution is -2.12. The molecule has 2 nitrogen and oxygen atoms in total. The van der Waals surface area contributed by atoms with E-state index in [4.69, 9.17) is 11.6 Å². The average molecular weight is 252 g/mol. The number of anilines is 1. The minimum absolute atomic E-state index is 0.0741. The number of carbonyl (C=O) groups is 1. The predicted octanol–water partition coefficient (Wildman–Crippen LogP) is 4.25. The van der Waals surface area contributed by atoms with Gasteiger partial charge in [-0.15, -0.1) is 0 Å². The first kappa shape index (κ1) is 12.4. The molecule has 1 aliphatic carbocycles. The summed E-state index contributed by atoms with van der Waals surface area (Å²) < 4.78 is 0. The number of nitrogens with one attached hydrogen (secondary N) is 1. The summed E-state index contributed by atoms with van der Waals surface area (Å²) in [6.07, 6.45) is 6.86. The molecule has 0 spiro atoms. The predicted molar refractivity (Wildman–Crippen MR) is 71.3 cm³/mol. The Hall–Kier alpha value is -1.02. The van der Waals surface area contributed by atoms with Gasteiger partial charge in [0, 0.05) is 6.42 Å². The van der Waals surface area contributed by atoms with Crippen molar-refractivity contribution in [3.05, 3.63) is 29.3 Å². The summed E-state index contributed by atoms with van der Waals surface area (Å²) in [4.78, 5) is 11.8. The lowest BCUT2D eigenvalue weighted by molar-refractivity contribution is -0.116. The molecule has 1 aliphatic rings. The summed E-state index contributed by atoms with van der Waals surface area (Å²) in [5.41, 5.74) is 0.714. The van der Waals surface area contributed by atoms with Gasteiger partial charge < -0.3 is 5.32 Å². The lowest BCUT2D eigenvalue weighted by Gasteiger charge is -2.09. The smallest absolute Gasteiger partial charge is 0.224 e. The van der Waals surface area contributed by atoms with Crippen molar-refractivity contribution in [3.8, 4) is 0 Å². The van der Waals surface area contributed by atoms with Crippen LogP contribution in [0.25, 0.3) is 0 Å². The van der Waals surface area contributed by atoms with E-state index in [1.165, 1.54) is 25.7 Å². The van der Waals surface area contributed by atoms with Crippen LogP contribution in [0.5, 0.6) is 0 Å². The molecule has 1 aromatic rings. The standard InChI is InChI=1S/C14H18ClNO/c15-12-7-3-4-8-13(12)16-14(17)10-9-11-5-1-2-6-11/h3-4,7-8,11H,1-2,5-6,9-10H2,(H,16,17). The molecule has 0 radical (unpaired) electrons. The number of hydrogen-bond acceptors (Lipinski definition) is 1. The maximum Gasteiger partial charge on any atom is 0.224 e. The number of carbonyl (C=O) groups excluding carboxylic acids is 1. The highest BCUT2D eigenvalue weighted by Crippen LogP contribution is 2.28. The van der Waals surface area contributed by atoms with Crippen molar-refractivity contribution in [2.24, 2.45) is 5.92 Å². The van der Waals surface area contributed by atoms with Gasteiger partial charge in [0.1, 0.15) is 0 Å². The van der Waals surface area contributed by atoms with Crippen LogP contribution < -0.4 is 5.32 Å². The first-order valence-electron chi connectivity index (χ1n) is 6.30. The zero-order chi connectivity index (χ0) is 12.1. The molecule has 0 aromatic heterocycles. The number of hydrogen-bond donors (Lipinski definition) is 1. The van der Waals surface area contributed by atoms with Gasteiger partial charge in [-0.2, -0.15) is 0 Å². The van der Waals surface area contributed by atoms with Crippen LogP contribution in [-0.4, -0.2) is 5.91 Å². The monoisotopic (exact) mass is 251 g/mol. The van der Waals surface area contributed by atoms with Crippen LogP contribution in [0.2, 0.25) is 5.02 Å². The molecule has 0 bridgehead atoms. The van der Waals surface area contributed by atoms with E-state index in [2.05, 4.69) is 5.32 Å². The van der Waals surface area contributed by atoms with Crippen molar-refractivity contribution in [2.45, 2.75) is 38.5 Å². The number of benzene rings is 1. The van der Waals surface area contributed by atoms with Gasteiger partial charge in [-0.25, -0.2) is 0 Å². The highest BCUT2D eigenvalue weighted by Gasteiger charge is 2.16. The van der Waals surface area contributed by atoms with E-state index in [0.29, 0.717) is 17.1 Å². The number of rotatable bonds is 4. The summed E-state index contributed by atoms with van der Waals surface area (Å²) in [6.45, 7) is 0. The Morgan fingerprint density at radius 1 is 1.29 bits per heavy atom. The summed E-state index contributed by atoms with van der Waals surface area (Å²) >= 11 is 5.98. The zero-order valence-corrected chi connectivity index (χ0v) is 10.7. The van der Waals surface area contributed by atoms with E-state index in [0.717, 1.165) is 12.3 Å². The topological polar surface area (TPSA) is 29.1 Å². The molecule has 0 aliphatic heterocycles. The van der Waals surface area contributed by atoms with E-state index >= 15 is 0 Å². The van der Waals surface area contributed by atoms with Crippen molar-refractivity contribution in [3.63, 3.8) is 0 Å². The third kappa shape index (κ3) is 3.74. The van der Waals surface area contributed by atoms with E-state index < -0.39 is 0 Å². The van der Waals surface area contributed by atoms with Crippen LogP contribution in [0, 0.1) is 5.92 Å². The van der Waals surface area contributed by atoms with Gasteiger partial charge in [0.25, 0.3) is 0 Å². The zero-order valence-electron chi connectivity index (χ0n) is 9.92. The third-order valence-corrected chi connectivity index (χ3v) is 3.73. The fourth-order valence-electron chi connectivity index (χ4n) is 2.41. The Balaban J connectivity index is 1.79. The molecule has 0 atom stereocenters. The minimum atomic E-state index is 0.0741. The first-order valence-corrected chi connectivity index (χ1v) is 6.68.